The third-order valence-corrected chi connectivity index (χ3v) is 6.36. The average molecular weight is 459 g/mol. The van der Waals surface area contributed by atoms with E-state index in [9.17, 15) is 26.7 Å². The fraction of sp³-hybridized carbons (Fsp3) is 0.421. The second-order valence-electron chi connectivity index (χ2n) is 7.36. The second-order valence-corrected chi connectivity index (χ2v) is 8.38. The van der Waals surface area contributed by atoms with E-state index in [-0.39, 0.29) is 34.1 Å². The number of halogens is 5. The van der Waals surface area contributed by atoms with Gasteiger partial charge in [0.1, 0.15) is 17.6 Å². The van der Waals surface area contributed by atoms with Crippen LogP contribution in [0.1, 0.15) is 24.8 Å². The lowest BCUT2D eigenvalue weighted by Crippen LogP contribution is -2.60. The van der Waals surface area contributed by atoms with Gasteiger partial charge in [-0.05, 0) is 25.0 Å². The quantitative estimate of drug-likeness (QED) is 0.688. The van der Waals surface area contributed by atoms with Crippen LogP contribution in [0.25, 0.3) is 11.2 Å². The molecule has 4 rings (SSSR count). The van der Waals surface area contributed by atoms with E-state index in [1.165, 1.54) is 12.3 Å². The van der Waals surface area contributed by atoms with Crippen LogP contribution >= 0.6 is 11.8 Å². The molecule has 0 aromatic carbocycles. The number of aliphatic imine (C=N–C) groups is 1. The number of hydrogen-bond acceptors (Lipinski definition) is 5. The summed E-state index contributed by atoms with van der Waals surface area (Å²) in [5.41, 5.74) is 5.89. The highest BCUT2D eigenvalue weighted by Gasteiger charge is 2.47. The summed E-state index contributed by atoms with van der Waals surface area (Å²) in [7, 11) is 0. The lowest BCUT2D eigenvalue weighted by Gasteiger charge is -2.36. The Labute approximate surface area is 177 Å². The summed E-state index contributed by atoms with van der Waals surface area (Å²) in [6.45, 7) is 0. The van der Waals surface area contributed by atoms with E-state index < -0.39 is 42.6 Å². The van der Waals surface area contributed by atoms with Crippen LogP contribution in [0.2, 0.25) is 0 Å². The lowest BCUT2D eigenvalue weighted by molar-refractivity contribution is -0.122. The van der Waals surface area contributed by atoms with Gasteiger partial charge in [-0.15, -0.1) is 11.8 Å². The molecule has 6 nitrogen and oxygen atoms in total. The van der Waals surface area contributed by atoms with E-state index >= 15 is 0 Å². The first-order valence-corrected chi connectivity index (χ1v) is 10.5. The summed E-state index contributed by atoms with van der Waals surface area (Å²) in [4.78, 5) is 16.4. The van der Waals surface area contributed by atoms with Gasteiger partial charge < -0.3 is 11.1 Å². The minimum Gasteiger partial charge on any atom is -0.341 e. The van der Waals surface area contributed by atoms with Crippen LogP contribution in [-0.2, 0) is 4.79 Å². The summed E-state index contributed by atoms with van der Waals surface area (Å²) in [5, 5.41) is 6.19. The first kappa shape index (κ1) is 21.8. The molecule has 0 spiro atoms. The molecule has 3 heterocycles. The highest BCUT2D eigenvalue weighted by Crippen LogP contribution is 2.38. The molecule has 31 heavy (non-hydrogen) atoms. The van der Waals surface area contributed by atoms with Crippen molar-refractivity contribution in [2.45, 2.75) is 43.7 Å². The summed E-state index contributed by atoms with van der Waals surface area (Å²) in [6, 6.07) is 0.00313. The number of carbonyl (C=O) groups is 1. The largest absolute Gasteiger partial charge is 0.341 e. The number of allylic oxidation sites excluding steroid dienone is 1. The van der Waals surface area contributed by atoms with Crippen LogP contribution in [0.4, 0.5) is 22.0 Å². The molecular weight excluding hydrogens is 441 g/mol. The number of aromatic nitrogens is 2. The molecule has 2 aromatic rings. The molecule has 1 saturated carbocycles. The van der Waals surface area contributed by atoms with Gasteiger partial charge >= 0.3 is 0 Å². The van der Waals surface area contributed by atoms with Crippen molar-refractivity contribution in [1.82, 2.24) is 14.9 Å². The Bertz CT molecular complexity index is 1080. The summed E-state index contributed by atoms with van der Waals surface area (Å²) < 4.78 is 70.3. The molecule has 0 bridgehead atoms. The summed E-state index contributed by atoms with van der Waals surface area (Å²) in [5.74, 6) is -4.84. The number of fused-ring (bicyclic) bond motifs is 1. The molecule has 2 aliphatic rings. The lowest BCUT2D eigenvalue weighted by atomic mass is 9.87. The van der Waals surface area contributed by atoms with Gasteiger partial charge in [-0.1, -0.05) is 0 Å². The molecule has 2 atom stereocenters. The predicted octanol–water partition coefficient (Wildman–Crippen LogP) is 3.23. The number of carbonyl (C=O) groups excluding carboxylic acids is 1. The second kappa shape index (κ2) is 8.23. The van der Waals surface area contributed by atoms with E-state index in [0.717, 1.165) is 16.8 Å². The fourth-order valence-electron chi connectivity index (χ4n) is 3.70. The third kappa shape index (κ3) is 4.18. The van der Waals surface area contributed by atoms with Crippen LogP contribution in [-0.4, -0.2) is 51.4 Å². The Hall–Kier alpha value is -2.47. The zero-order chi connectivity index (χ0) is 22.3. The van der Waals surface area contributed by atoms with E-state index in [1.807, 2.05) is 0 Å². The van der Waals surface area contributed by atoms with Crippen LogP contribution < -0.4 is 11.1 Å². The van der Waals surface area contributed by atoms with Gasteiger partial charge in [-0.3, -0.25) is 4.79 Å². The molecule has 1 aliphatic heterocycles. The van der Waals surface area contributed by atoms with E-state index in [1.54, 1.807) is 0 Å². The van der Waals surface area contributed by atoms with Gasteiger partial charge in [0.2, 0.25) is 0 Å². The van der Waals surface area contributed by atoms with Crippen molar-refractivity contribution in [1.29, 1.82) is 0 Å². The first-order valence-electron chi connectivity index (χ1n) is 9.47. The number of amides is 1. The molecule has 0 radical (unpaired) electrons. The van der Waals surface area contributed by atoms with Crippen molar-refractivity contribution in [2.75, 3.05) is 5.75 Å². The molecule has 3 N–H and O–H groups in total. The maximum Gasteiger partial charge on any atom is 0.271 e. The zero-order valence-electron chi connectivity index (χ0n) is 16.0. The van der Waals surface area contributed by atoms with Crippen LogP contribution in [0.15, 0.2) is 34.4 Å². The maximum absolute atomic E-state index is 14.2. The molecule has 1 aliphatic carbocycles. The normalized spacial score (nSPS) is 23.9. The number of thioether (sulfide) groups is 1. The average Bonchev–Trinajstić information content (AvgIpc) is 3.12. The Morgan fingerprint density at radius 1 is 1.35 bits per heavy atom. The fourth-order valence-corrected chi connectivity index (χ4v) is 4.61. The van der Waals surface area contributed by atoms with Crippen LogP contribution in [0, 0.1) is 5.82 Å². The number of pyridine rings is 1. The van der Waals surface area contributed by atoms with Gasteiger partial charge in [-0.25, -0.2) is 31.5 Å². The zero-order valence-corrected chi connectivity index (χ0v) is 16.8. The number of alkyl halides is 4. The van der Waals surface area contributed by atoms with Gasteiger partial charge in [0.15, 0.2) is 0 Å². The Morgan fingerprint density at radius 2 is 2.13 bits per heavy atom. The number of nitrogens with zero attached hydrogens (tertiary/aromatic N) is 3. The molecular formula is C19H18F5N5OS. The van der Waals surface area contributed by atoms with Crippen molar-refractivity contribution < 1.29 is 26.7 Å². The first-order chi connectivity index (χ1) is 14.7. The van der Waals surface area contributed by atoms with Crippen molar-refractivity contribution in [3.63, 3.8) is 0 Å². The Morgan fingerprint density at radius 3 is 2.84 bits per heavy atom. The van der Waals surface area contributed by atoms with Gasteiger partial charge in [0, 0.05) is 23.8 Å². The Balaban J connectivity index is 1.69. The highest BCUT2D eigenvalue weighted by atomic mass is 32.2. The summed E-state index contributed by atoms with van der Waals surface area (Å²) >= 11 is 0.697. The minimum absolute atomic E-state index is 0.174. The highest BCUT2D eigenvalue weighted by molar-refractivity contribution is 8.04. The van der Waals surface area contributed by atoms with Crippen molar-refractivity contribution >= 4 is 34.6 Å². The Kier molecular flexibility index (Phi) is 5.77. The molecule has 2 unspecified atom stereocenters. The standard InChI is InChI=1S/C19H18F5N5OS/c20-9-3-4-13-10(6-26-29(13)7-9)14-15(17(21)22)31-8-12(27-14)18(30)28-16-11(25)2-1-5-19(16,23)24/h3-4,6-7,11,16-17H,1-2,5,8,25H2,(H,28,30). The van der Waals surface area contributed by atoms with Crippen molar-refractivity contribution in [3.8, 4) is 0 Å². The molecule has 2 aromatic heterocycles. The van der Waals surface area contributed by atoms with Gasteiger partial charge in [0.25, 0.3) is 18.3 Å². The van der Waals surface area contributed by atoms with E-state index in [2.05, 4.69) is 15.4 Å². The summed E-state index contributed by atoms with van der Waals surface area (Å²) in [6.07, 6.45) is -0.380. The SMILES string of the molecule is NC1CCCC(F)(F)C1NC(=O)C1=NC(c2cnn3cc(F)ccc23)=C(C(F)F)SC1. The van der Waals surface area contributed by atoms with Gasteiger partial charge in [0.05, 0.1) is 28.5 Å². The predicted molar refractivity (Wildman–Crippen MR) is 107 cm³/mol. The number of hydrogen-bond donors (Lipinski definition) is 2. The monoisotopic (exact) mass is 459 g/mol. The number of rotatable bonds is 4. The molecule has 0 saturated heterocycles. The molecule has 1 fully saturated rings. The minimum atomic E-state index is -3.17. The van der Waals surface area contributed by atoms with E-state index in [4.69, 9.17) is 5.73 Å². The van der Waals surface area contributed by atoms with Crippen LogP contribution in [0.3, 0.4) is 0 Å². The topological polar surface area (TPSA) is 84.8 Å². The van der Waals surface area contributed by atoms with Crippen molar-refractivity contribution in [3.05, 3.63) is 40.8 Å². The van der Waals surface area contributed by atoms with Gasteiger partial charge in [-0.2, -0.15) is 5.10 Å². The number of nitrogens with one attached hydrogen (secondary N) is 1. The van der Waals surface area contributed by atoms with E-state index in [0.29, 0.717) is 23.7 Å². The smallest absolute Gasteiger partial charge is 0.271 e. The third-order valence-electron chi connectivity index (χ3n) is 5.26. The molecule has 166 valence electrons. The van der Waals surface area contributed by atoms with Crippen molar-refractivity contribution in [2.24, 2.45) is 10.7 Å². The molecule has 12 heteroatoms. The molecule has 1 amide bonds. The maximum atomic E-state index is 14.2. The van der Waals surface area contributed by atoms with Crippen LogP contribution in [0.5, 0.6) is 0 Å². The number of nitrogens with two attached hydrogens (primary N) is 1.